The molecule has 1 aliphatic heterocycles. The molecule has 1 N–H and O–H groups in total. The lowest BCUT2D eigenvalue weighted by atomic mass is 10.2. The second-order valence-electron chi connectivity index (χ2n) is 4.27. The standard InChI is InChI=1S/C13H12F2N2O2S/c1-2-12-17-9(7-20-12)6-16-8-3-4-10-11(5-8)19-13(14,15)18-10/h3-5,7,16H,2,6H2,1H3. The van der Waals surface area contributed by atoms with E-state index in [1.807, 2.05) is 12.3 Å². The number of fused-ring (bicyclic) bond motifs is 1. The number of benzene rings is 1. The van der Waals surface area contributed by atoms with Crippen LogP contribution in [0.15, 0.2) is 23.6 Å². The van der Waals surface area contributed by atoms with Gasteiger partial charge < -0.3 is 14.8 Å². The quantitative estimate of drug-likeness (QED) is 0.936. The minimum atomic E-state index is -3.58. The van der Waals surface area contributed by atoms with Crippen LogP contribution in [0.1, 0.15) is 17.6 Å². The van der Waals surface area contributed by atoms with Gasteiger partial charge in [-0.2, -0.15) is 0 Å². The SMILES string of the molecule is CCc1nc(CNc2ccc3c(c2)OC(F)(F)O3)cs1. The Morgan fingerprint density at radius 2 is 2.10 bits per heavy atom. The monoisotopic (exact) mass is 298 g/mol. The molecule has 20 heavy (non-hydrogen) atoms. The third kappa shape index (κ3) is 2.67. The zero-order chi connectivity index (χ0) is 14.2. The van der Waals surface area contributed by atoms with Crippen LogP contribution in [0.4, 0.5) is 14.5 Å². The Labute approximate surface area is 118 Å². The van der Waals surface area contributed by atoms with E-state index in [1.54, 1.807) is 17.4 Å². The van der Waals surface area contributed by atoms with Crippen molar-refractivity contribution in [3.63, 3.8) is 0 Å². The molecule has 0 spiro atoms. The summed E-state index contributed by atoms with van der Waals surface area (Å²) in [5.41, 5.74) is 1.60. The summed E-state index contributed by atoms with van der Waals surface area (Å²) >= 11 is 1.61. The van der Waals surface area contributed by atoms with E-state index in [-0.39, 0.29) is 11.5 Å². The number of aromatic nitrogens is 1. The van der Waals surface area contributed by atoms with Crippen LogP contribution in [0.5, 0.6) is 11.5 Å². The summed E-state index contributed by atoms with van der Waals surface area (Å²) in [4.78, 5) is 4.42. The molecule has 0 amide bonds. The smallest absolute Gasteiger partial charge is 0.395 e. The van der Waals surface area contributed by atoms with Gasteiger partial charge in [-0.05, 0) is 18.6 Å². The Bertz CT molecular complexity index is 631. The number of hydrogen-bond donors (Lipinski definition) is 1. The van der Waals surface area contributed by atoms with Gasteiger partial charge in [-0.25, -0.2) is 4.98 Å². The maximum absolute atomic E-state index is 12.9. The highest BCUT2D eigenvalue weighted by Crippen LogP contribution is 2.42. The van der Waals surface area contributed by atoms with Crippen molar-refractivity contribution in [2.45, 2.75) is 26.2 Å². The van der Waals surface area contributed by atoms with Crippen LogP contribution in [-0.2, 0) is 13.0 Å². The molecule has 0 radical (unpaired) electrons. The number of nitrogens with zero attached hydrogens (tertiary/aromatic N) is 1. The van der Waals surface area contributed by atoms with Gasteiger partial charge in [-0.3, -0.25) is 0 Å². The Hall–Kier alpha value is -1.89. The van der Waals surface area contributed by atoms with E-state index >= 15 is 0 Å². The Kier molecular flexibility index (Phi) is 3.21. The molecule has 0 fully saturated rings. The van der Waals surface area contributed by atoms with E-state index in [9.17, 15) is 8.78 Å². The third-order valence-corrected chi connectivity index (χ3v) is 3.82. The van der Waals surface area contributed by atoms with Crippen molar-refractivity contribution in [2.24, 2.45) is 0 Å². The van der Waals surface area contributed by atoms with E-state index in [1.165, 1.54) is 12.1 Å². The van der Waals surface area contributed by atoms with Gasteiger partial charge in [-0.1, -0.05) is 6.92 Å². The summed E-state index contributed by atoms with van der Waals surface area (Å²) < 4.78 is 34.5. The topological polar surface area (TPSA) is 43.4 Å². The molecule has 0 unspecified atom stereocenters. The molecule has 1 aromatic carbocycles. The highest BCUT2D eigenvalue weighted by molar-refractivity contribution is 7.09. The molecule has 0 atom stereocenters. The van der Waals surface area contributed by atoms with Crippen molar-refractivity contribution < 1.29 is 18.3 Å². The normalized spacial score (nSPS) is 15.3. The lowest BCUT2D eigenvalue weighted by Gasteiger charge is -2.05. The zero-order valence-corrected chi connectivity index (χ0v) is 11.5. The van der Waals surface area contributed by atoms with Crippen molar-refractivity contribution in [3.8, 4) is 11.5 Å². The van der Waals surface area contributed by atoms with E-state index in [2.05, 4.69) is 19.8 Å². The number of thiazole rings is 1. The van der Waals surface area contributed by atoms with Gasteiger partial charge >= 0.3 is 6.29 Å². The molecule has 1 aliphatic rings. The first kappa shape index (κ1) is 13.1. The molecule has 2 aromatic rings. The minimum Gasteiger partial charge on any atom is -0.395 e. The van der Waals surface area contributed by atoms with Crippen LogP contribution in [0.3, 0.4) is 0 Å². The predicted molar refractivity (Wildman–Crippen MR) is 71.5 cm³/mol. The first-order valence-corrected chi connectivity index (χ1v) is 7.01. The Morgan fingerprint density at radius 1 is 1.30 bits per heavy atom. The second-order valence-corrected chi connectivity index (χ2v) is 5.21. The summed E-state index contributed by atoms with van der Waals surface area (Å²) in [6, 6.07) is 4.61. The van der Waals surface area contributed by atoms with Gasteiger partial charge in [0.25, 0.3) is 0 Å². The molecule has 0 aliphatic carbocycles. The van der Waals surface area contributed by atoms with Crippen LogP contribution in [0, 0.1) is 0 Å². The fourth-order valence-electron chi connectivity index (χ4n) is 1.84. The second kappa shape index (κ2) is 4.90. The van der Waals surface area contributed by atoms with Gasteiger partial charge in [0.2, 0.25) is 0 Å². The fourth-order valence-corrected chi connectivity index (χ4v) is 2.59. The maximum atomic E-state index is 12.9. The molecule has 1 aromatic heterocycles. The van der Waals surface area contributed by atoms with Gasteiger partial charge in [0, 0.05) is 17.1 Å². The predicted octanol–water partition coefficient (Wildman–Crippen LogP) is 3.64. The van der Waals surface area contributed by atoms with Crippen LogP contribution >= 0.6 is 11.3 Å². The van der Waals surface area contributed by atoms with E-state index in [0.717, 1.165) is 17.1 Å². The van der Waals surface area contributed by atoms with E-state index in [0.29, 0.717) is 12.2 Å². The average molecular weight is 298 g/mol. The largest absolute Gasteiger partial charge is 0.586 e. The van der Waals surface area contributed by atoms with Crippen molar-refractivity contribution in [3.05, 3.63) is 34.3 Å². The summed E-state index contributed by atoms with van der Waals surface area (Å²) in [5.74, 6) is 0.0787. The fraction of sp³-hybridized carbons (Fsp3) is 0.308. The van der Waals surface area contributed by atoms with Crippen LogP contribution < -0.4 is 14.8 Å². The van der Waals surface area contributed by atoms with Crippen molar-refractivity contribution >= 4 is 17.0 Å². The minimum absolute atomic E-state index is 0.0347. The van der Waals surface area contributed by atoms with Gasteiger partial charge in [0.05, 0.1) is 17.2 Å². The van der Waals surface area contributed by atoms with E-state index < -0.39 is 6.29 Å². The molecule has 7 heteroatoms. The van der Waals surface area contributed by atoms with Crippen LogP contribution in [0.25, 0.3) is 0 Å². The number of ether oxygens (including phenoxy) is 2. The van der Waals surface area contributed by atoms with Gasteiger partial charge in [0.1, 0.15) is 0 Å². The van der Waals surface area contributed by atoms with Crippen LogP contribution in [-0.4, -0.2) is 11.3 Å². The number of nitrogens with one attached hydrogen (secondary N) is 1. The number of aryl methyl sites for hydroxylation is 1. The first-order valence-electron chi connectivity index (χ1n) is 6.13. The molecule has 106 valence electrons. The lowest BCUT2D eigenvalue weighted by Crippen LogP contribution is -2.25. The summed E-state index contributed by atoms with van der Waals surface area (Å²) in [5, 5.41) is 6.17. The Morgan fingerprint density at radius 3 is 2.85 bits per heavy atom. The number of alkyl halides is 2. The maximum Gasteiger partial charge on any atom is 0.586 e. The summed E-state index contributed by atoms with van der Waals surface area (Å²) in [6.07, 6.45) is -2.67. The van der Waals surface area contributed by atoms with Gasteiger partial charge in [0.15, 0.2) is 11.5 Å². The van der Waals surface area contributed by atoms with Crippen molar-refractivity contribution in [1.82, 2.24) is 4.98 Å². The zero-order valence-electron chi connectivity index (χ0n) is 10.7. The molecule has 0 bridgehead atoms. The number of halogens is 2. The molecule has 2 heterocycles. The number of hydrogen-bond acceptors (Lipinski definition) is 5. The van der Waals surface area contributed by atoms with E-state index in [4.69, 9.17) is 0 Å². The summed E-state index contributed by atoms with van der Waals surface area (Å²) in [7, 11) is 0. The molecule has 0 saturated heterocycles. The molecular formula is C13H12F2N2O2S. The highest BCUT2D eigenvalue weighted by Gasteiger charge is 2.43. The number of rotatable bonds is 4. The van der Waals surface area contributed by atoms with Crippen molar-refractivity contribution in [1.29, 1.82) is 0 Å². The van der Waals surface area contributed by atoms with Gasteiger partial charge in [-0.15, -0.1) is 20.1 Å². The number of anilines is 1. The first-order chi connectivity index (χ1) is 9.55. The molecule has 4 nitrogen and oxygen atoms in total. The molecule has 3 rings (SSSR count). The molecular weight excluding hydrogens is 286 g/mol. The summed E-state index contributed by atoms with van der Waals surface area (Å²) in [6.45, 7) is 2.58. The molecule has 0 saturated carbocycles. The highest BCUT2D eigenvalue weighted by atomic mass is 32.1. The third-order valence-electron chi connectivity index (χ3n) is 2.78. The van der Waals surface area contributed by atoms with Crippen molar-refractivity contribution in [2.75, 3.05) is 5.32 Å². The average Bonchev–Trinajstić information content (AvgIpc) is 2.97. The van der Waals surface area contributed by atoms with Crippen LogP contribution in [0.2, 0.25) is 0 Å². The lowest BCUT2D eigenvalue weighted by molar-refractivity contribution is -0.286. The Balaban J connectivity index is 1.67.